The third kappa shape index (κ3) is 2.99. The fraction of sp³-hybridized carbons (Fsp3) is 0.0625. The van der Waals surface area contributed by atoms with Gasteiger partial charge in [0.25, 0.3) is 0 Å². The molecule has 0 aliphatic heterocycles. The van der Waals surface area contributed by atoms with Crippen molar-refractivity contribution in [1.82, 2.24) is 0 Å². The molecule has 0 N–H and O–H groups in total. The van der Waals surface area contributed by atoms with Crippen LogP contribution in [0.15, 0.2) is 36.4 Å². The molecule has 21 heavy (non-hydrogen) atoms. The molecule has 0 fully saturated rings. The van der Waals surface area contributed by atoms with E-state index in [4.69, 9.17) is 20.0 Å². The molecule has 0 aliphatic carbocycles. The van der Waals surface area contributed by atoms with Crippen LogP contribution in [0.4, 0.5) is 0 Å². The van der Waals surface area contributed by atoms with E-state index in [9.17, 15) is 4.79 Å². The molecule has 5 heteroatoms. The molecule has 0 saturated carbocycles. The lowest BCUT2D eigenvalue weighted by Crippen LogP contribution is -1.94. The molecule has 5 nitrogen and oxygen atoms in total. The summed E-state index contributed by atoms with van der Waals surface area (Å²) in [5.41, 5.74) is 1.08. The first kappa shape index (κ1) is 14.1. The van der Waals surface area contributed by atoms with Crippen LogP contribution in [0.25, 0.3) is 0 Å². The Bertz CT molecular complexity index is 770. The molecule has 2 aromatic carbocycles. The Morgan fingerprint density at radius 3 is 2.38 bits per heavy atom. The Morgan fingerprint density at radius 1 is 1.00 bits per heavy atom. The Labute approximate surface area is 121 Å². The van der Waals surface area contributed by atoms with Gasteiger partial charge in [0, 0.05) is 5.56 Å². The molecule has 2 rings (SSSR count). The predicted octanol–water partition coefficient (Wildman–Crippen LogP) is 3.04. The normalized spacial score (nSPS) is 9.29. The van der Waals surface area contributed by atoms with E-state index in [-0.39, 0.29) is 5.56 Å². The molecule has 0 radical (unpaired) electrons. The molecular formula is C16H10N2O3. The van der Waals surface area contributed by atoms with Gasteiger partial charge in [-0.25, -0.2) is 0 Å². The molecule has 102 valence electrons. The third-order valence-electron chi connectivity index (χ3n) is 2.77. The zero-order chi connectivity index (χ0) is 15.2. The maximum Gasteiger partial charge on any atom is 0.169 e. The lowest BCUT2D eigenvalue weighted by atomic mass is 10.1. The fourth-order valence-corrected chi connectivity index (χ4v) is 1.74. The van der Waals surface area contributed by atoms with E-state index in [0.29, 0.717) is 34.7 Å². The number of carbonyl (C=O) groups excluding carboxylic acids is 1. The van der Waals surface area contributed by atoms with E-state index in [1.165, 1.54) is 19.2 Å². The average molecular weight is 278 g/mol. The van der Waals surface area contributed by atoms with Crippen molar-refractivity contribution in [3.63, 3.8) is 0 Å². The highest BCUT2D eigenvalue weighted by Crippen LogP contribution is 2.33. The van der Waals surface area contributed by atoms with E-state index < -0.39 is 0 Å². The molecule has 0 atom stereocenters. The number of nitrogens with zero attached hydrogens (tertiary/aromatic N) is 2. The van der Waals surface area contributed by atoms with Crippen LogP contribution in [0.1, 0.15) is 21.5 Å². The number of hydrogen-bond donors (Lipinski definition) is 0. The molecule has 0 heterocycles. The monoisotopic (exact) mass is 278 g/mol. The van der Waals surface area contributed by atoms with E-state index in [2.05, 4.69) is 0 Å². The Balaban J connectivity index is 2.41. The number of nitriles is 2. The van der Waals surface area contributed by atoms with Crippen molar-refractivity contribution in [3.8, 4) is 29.4 Å². The Hall–Kier alpha value is -3.31. The van der Waals surface area contributed by atoms with Crippen LogP contribution in [0.2, 0.25) is 0 Å². The van der Waals surface area contributed by atoms with Gasteiger partial charge in [-0.15, -0.1) is 0 Å². The summed E-state index contributed by atoms with van der Waals surface area (Å²) in [6.45, 7) is 0. The van der Waals surface area contributed by atoms with Gasteiger partial charge in [0.05, 0.1) is 24.3 Å². The van der Waals surface area contributed by atoms with Crippen LogP contribution in [-0.2, 0) is 0 Å². The first-order valence-electron chi connectivity index (χ1n) is 5.97. The van der Waals surface area contributed by atoms with Gasteiger partial charge in [-0.2, -0.15) is 10.5 Å². The lowest BCUT2D eigenvalue weighted by Gasteiger charge is -2.11. The predicted molar refractivity (Wildman–Crippen MR) is 74.3 cm³/mol. The first-order valence-corrected chi connectivity index (χ1v) is 5.97. The summed E-state index contributed by atoms with van der Waals surface area (Å²) < 4.78 is 10.8. The largest absolute Gasteiger partial charge is 0.493 e. The van der Waals surface area contributed by atoms with Gasteiger partial charge in [0.2, 0.25) is 0 Å². The Morgan fingerprint density at radius 2 is 1.76 bits per heavy atom. The van der Waals surface area contributed by atoms with Crippen LogP contribution in [0.5, 0.6) is 17.2 Å². The first-order chi connectivity index (χ1) is 10.2. The van der Waals surface area contributed by atoms with Crippen molar-refractivity contribution in [2.45, 2.75) is 0 Å². The van der Waals surface area contributed by atoms with Gasteiger partial charge in [-0.05, 0) is 36.4 Å². The van der Waals surface area contributed by atoms with Crippen LogP contribution >= 0.6 is 0 Å². The number of ether oxygens (including phenoxy) is 2. The number of rotatable bonds is 4. The maximum absolute atomic E-state index is 10.7. The van der Waals surface area contributed by atoms with Gasteiger partial charge in [-0.1, -0.05) is 0 Å². The van der Waals surface area contributed by atoms with E-state index >= 15 is 0 Å². The van der Waals surface area contributed by atoms with Crippen LogP contribution in [0, 0.1) is 22.7 Å². The van der Waals surface area contributed by atoms with Crippen molar-refractivity contribution in [2.24, 2.45) is 0 Å². The highest BCUT2D eigenvalue weighted by Gasteiger charge is 2.10. The van der Waals surface area contributed by atoms with E-state index in [1.807, 2.05) is 12.1 Å². The second kappa shape index (κ2) is 6.23. The fourth-order valence-electron chi connectivity index (χ4n) is 1.74. The van der Waals surface area contributed by atoms with E-state index in [1.54, 1.807) is 24.3 Å². The van der Waals surface area contributed by atoms with Gasteiger partial charge in [-0.3, -0.25) is 4.79 Å². The maximum atomic E-state index is 10.7. The van der Waals surface area contributed by atoms with Crippen LogP contribution in [-0.4, -0.2) is 13.4 Å². The molecule has 0 saturated heterocycles. The third-order valence-corrected chi connectivity index (χ3v) is 2.77. The molecular weight excluding hydrogens is 268 g/mol. The highest BCUT2D eigenvalue weighted by atomic mass is 16.5. The smallest absolute Gasteiger partial charge is 0.169 e. The molecule has 0 spiro atoms. The van der Waals surface area contributed by atoms with Crippen molar-refractivity contribution >= 4 is 6.29 Å². The van der Waals surface area contributed by atoms with Gasteiger partial charge < -0.3 is 9.47 Å². The zero-order valence-electron chi connectivity index (χ0n) is 11.2. The number of methoxy groups -OCH3 is 1. The minimum atomic E-state index is 0.246. The molecule has 0 amide bonds. The number of carbonyl (C=O) groups is 1. The molecule has 0 unspecified atom stereocenters. The molecule has 0 bridgehead atoms. The Kier molecular flexibility index (Phi) is 4.18. The quantitative estimate of drug-likeness (QED) is 0.802. The summed E-state index contributed by atoms with van der Waals surface area (Å²) in [4.78, 5) is 10.7. The lowest BCUT2D eigenvalue weighted by molar-refractivity contribution is 0.112. The molecule has 2 aromatic rings. The number of benzene rings is 2. The minimum absolute atomic E-state index is 0.246. The summed E-state index contributed by atoms with van der Waals surface area (Å²) in [6.07, 6.45) is 0.703. The summed E-state index contributed by atoms with van der Waals surface area (Å²) in [6, 6.07) is 13.2. The van der Waals surface area contributed by atoms with E-state index in [0.717, 1.165) is 0 Å². The summed E-state index contributed by atoms with van der Waals surface area (Å²) in [5.74, 6) is 1.07. The minimum Gasteiger partial charge on any atom is -0.493 e. The van der Waals surface area contributed by atoms with Crippen molar-refractivity contribution in [3.05, 3.63) is 53.1 Å². The summed E-state index contributed by atoms with van der Waals surface area (Å²) >= 11 is 0. The van der Waals surface area contributed by atoms with Crippen molar-refractivity contribution in [1.29, 1.82) is 10.5 Å². The number of hydrogen-bond acceptors (Lipinski definition) is 5. The highest BCUT2D eigenvalue weighted by molar-refractivity contribution is 5.76. The average Bonchev–Trinajstić information content (AvgIpc) is 2.55. The summed E-state index contributed by atoms with van der Waals surface area (Å²) in [5, 5.41) is 17.9. The zero-order valence-corrected chi connectivity index (χ0v) is 11.2. The van der Waals surface area contributed by atoms with Gasteiger partial charge >= 0.3 is 0 Å². The summed E-state index contributed by atoms with van der Waals surface area (Å²) in [7, 11) is 1.46. The topological polar surface area (TPSA) is 83.1 Å². The second-order valence-corrected chi connectivity index (χ2v) is 4.06. The van der Waals surface area contributed by atoms with Crippen LogP contribution in [0.3, 0.4) is 0 Å². The van der Waals surface area contributed by atoms with Crippen molar-refractivity contribution in [2.75, 3.05) is 7.11 Å². The standard InChI is InChI=1S/C16H10N2O3/c1-20-16-7-12(10-19)3-5-15(16)21-14-4-2-11(8-17)6-13(14)9-18/h2-7,10H,1H3. The van der Waals surface area contributed by atoms with Crippen LogP contribution < -0.4 is 9.47 Å². The second-order valence-electron chi connectivity index (χ2n) is 4.06. The molecule has 0 aromatic heterocycles. The van der Waals surface area contributed by atoms with Crippen molar-refractivity contribution < 1.29 is 14.3 Å². The SMILES string of the molecule is COc1cc(C=O)ccc1Oc1ccc(C#N)cc1C#N. The molecule has 0 aliphatic rings. The van der Waals surface area contributed by atoms with Gasteiger partial charge in [0.15, 0.2) is 11.5 Å². The van der Waals surface area contributed by atoms with Gasteiger partial charge in [0.1, 0.15) is 18.1 Å². The number of aldehydes is 1.